The second-order valence-corrected chi connectivity index (χ2v) is 14.8. The Morgan fingerprint density at radius 3 is 2.42 bits per heavy atom. The molecule has 0 spiro atoms. The van der Waals surface area contributed by atoms with E-state index in [2.05, 4.69) is 53.7 Å². The number of carbonyl (C=O) groups is 1. The molecule has 5 saturated carbocycles. The molecule has 6 aliphatic carbocycles. The summed E-state index contributed by atoms with van der Waals surface area (Å²) in [6, 6.07) is 0. The molecule has 3 nitrogen and oxygen atoms in total. The zero-order valence-electron chi connectivity index (χ0n) is 21.7. The quantitative estimate of drug-likeness (QED) is 0.441. The number of hydrogen-bond donors (Lipinski definition) is 2. The van der Waals surface area contributed by atoms with Crippen molar-refractivity contribution in [3.63, 3.8) is 0 Å². The summed E-state index contributed by atoms with van der Waals surface area (Å²) in [5, 5.41) is 21.3. The molecule has 0 unspecified atom stereocenters. The SMILES string of the molecule is C[C@@H]1[C@@H]2[C@@H](CC[C@H]1C)[C@@H](C(=O)O)C[C@]13C[C@]21C=C[C@@H]1[C@@]2(C)CC[C@H](O)C(C)(C)[C@@H]2CC[C@]13C. The van der Waals surface area contributed by atoms with E-state index in [0.29, 0.717) is 35.5 Å². The van der Waals surface area contributed by atoms with E-state index in [9.17, 15) is 15.0 Å². The molecule has 2 N–H and O–H groups in total. The lowest BCUT2D eigenvalue weighted by Gasteiger charge is -2.68. The third-order valence-electron chi connectivity index (χ3n) is 13.8. The lowest BCUT2D eigenvalue weighted by molar-refractivity contribution is -0.194. The van der Waals surface area contributed by atoms with Gasteiger partial charge in [0.1, 0.15) is 0 Å². The highest BCUT2D eigenvalue weighted by Gasteiger charge is 2.83. The summed E-state index contributed by atoms with van der Waals surface area (Å²) in [5.41, 5.74) is 0.701. The van der Waals surface area contributed by atoms with Gasteiger partial charge in [-0.15, -0.1) is 0 Å². The van der Waals surface area contributed by atoms with Crippen molar-refractivity contribution >= 4 is 5.97 Å². The highest BCUT2D eigenvalue weighted by atomic mass is 16.4. The van der Waals surface area contributed by atoms with Crippen molar-refractivity contribution in [3.05, 3.63) is 12.2 Å². The molecule has 0 heterocycles. The van der Waals surface area contributed by atoms with Crippen molar-refractivity contribution in [2.75, 3.05) is 0 Å². The molecule has 6 rings (SSSR count). The molecule has 0 aromatic rings. The minimum atomic E-state index is -0.529. The van der Waals surface area contributed by atoms with Crippen LogP contribution in [0.1, 0.15) is 92.9 Å². The number of hydrogen-bond acceptors (Lipinski definition) is 2. The van der Waals surface area contributed by atoms with Crippen molar-refractivity contribution < 1.29 is 15.0 Å². The number of aliphatic hydroxyl groups excluding tert-OH is 1. The van der Waals surface area contributed by atoms with Crippen LogP contribution in [-0.4, -0.2) is 22.3 Å². The minimum absolute atomic E-state index is 0.0491. The molecule has 0 saturated heterocycles. The average Bonchev–Trinajstić information content (AvgIpc) is 3.44. The Morgan fingerprint density at radius 2 is 1.73 bits per heavy atom. The summed E-state index contributed by atoms with van der Waals surface area (Å²) in [5.74, 6) is 2.50. The van der Waals surface area contributed by atoms with E-state index < -0.39 is 5.97 Å². The van der Waals surface area contributed by atoms with Gasteiger partial charge in [0, 0.05) is 0 Å². The Kier molecular flexibility index (Phi) is 4.44. The number of fused-ring (bicyclic) bond motifs is 4. The van der Waals surface area contributed by atoms with Gasteiger partial charge in [0.15, 0.2) is 0 Å². The van der Waals surface area contributed by atoms with Gasteiger partial charge in [-0.2, -0.15) is 0 Å². The summed E-state index contributed by atoms with van der Waals surface area (Å²) in [6.45, 7) is 14.5. The lowest BCUT2D eigenvalue weighted by Crippen LogP contribution is -2.63. The lowest BCUT2D eigenvalue weighted by atomic mass is 9.36. The van der Waals surface area contributed by atoms with Crippen LogP contribution in [0.5, 0.6) is 0 Å². The van der Waals surface area contributed by atoms with Gasteiger partial charge in [-0.05, 0) is 108 Å². The van der Waals surface area contributed by atoms with E-state index in [1.165, 1.54) is 25.7 Å². The van der Waals surface area contributed by atoms with Crippen LogP contribution < -0.4 is 0 Å². The van der Waals surface area contributed by atoms with Crippen LogP contribution in [0.3, 0.4) is 0 Å². The Bertz CT molecular complexity index is 906. The summed E-state index contributed by atoms with van der Waals surface area (Å²) in [6.07, 6.45) is 13.9. The van der Waals surface area contributed by atoms with Crippen LogP contribution in [0, 0.1) is 68.5 Å². The van der Waals surface area contributed by atoms with Gasteiger partial charge < -0.3 is 10.2 Å². The first kappa shape index (κ1) is 22.6. The van der Waals surface area contributed by atoms with E-state index in [0.717, 1.165) is 25.7 Å². The number of carboxylic acids is 1. The molecular weight excluding hydrogens is 408 g/mol. The molecule has 0 aromatic carbocycles. The van der Waals surface area contributed by atoms with E-state index in [-0.39, 0.29) is 39.1 Å². The van der Waals surface area contributed by atoms with E-state index in [4.69, 9.17) is 0 Å². The predicted molar refractivity (Wildman–Crippen MR) is 130 cm³/mol. The Balaban J connectivity index is 1.47. The molecule has 0 radical (unpaired) electrons. The summed E-state index contributed by atoms with van der Waals surface area (Å²) in [4.78, 5) is 12.7. The zero-order chi connectivity index (χ0) is 23.8. The molecule has 5 fully saturated rings. The molecule has 33 heavy (non-hydrogen) atoms. The summed E-state index contributed by atoms with van der Waals surface area (Å²) >= 11 is 0. The largest absolute Gasteiger partial charge is 0.481 e. The van der Waals surface area contributed by atoms with Crippen LogP contribution in [-0.2, 0) is 4.79 Å². The molecule has 0 amide bonds. The van der Waals surface area contributed by atoms with Crippen LogP contribution in [0.2, 0.25) is 0 Å². The van der Waals surface area contributed by atoms with Crippen LogP contribution >= 0.6 is 0 Å². The van der Waals surface area contributed by atoms with Gasteiger partial charge in [-0.1, -0.05) is 60.1 Å². The smallest absolute Gasteiger partial charge is 0.306 e. The molecule has 0 aliphatic heterocycles. The number of aliphatic carboxylic acids is 1. The van der Waals surface area contributed by atoms with Gasteiger partial charge in [-0.3, -0.25) is 4.79 Å². The average molecular weight is 455 g/mol. The molecule has 184 valence electrons. The van der Waals surface area contributed by atoms with E-state index in [1.54, 1.807) is 0 Å². The zero-order valence-corrected chi connectivity index (χ0v) is 21.7. The second kappa shape index (κ2) is 6.48. The normalized spacial score (nSPS) is 60.5. The summed E-state index contributed by atoms with van der Waals surface area (Å²) < 4.78 is 0. The Labute approximate surface area is 200 Å². The number of carboxylic acid groups (broad SMARTS) is 1. The fourth-order valence-electron chi connectivity index (χ4n) is 11.9. The molecule has 3 heteroatoms. The topological polar surface area (TPSA) is 57.5 Å². The Hall–Kier alpha value is -0.830. The first-order chi connectivity index (χ1) is 15.4. The molecule has 12 atom stereocenters. The second-order valence-electron chi connectivity index (χ2n) is 14.8. The fourth-order valence-corrected chi connectivity index (χ4v) is 11.9. The molecule has 0 bridgehead atoms. The van der Waals surface area contributed by atoms with Gasteiger partial charge in [0.05, 0.1) is 12.0 Å². The summed E-state index contributed by atoms with van der Waals surface area (Å²) in [7, 11) is 0. The molecule has 6 aliphatic rings. The first-order valence-corrected chi connectivity index (χ1v) is 14.0. The third kappa shape index (κ3) is 2.40. The standard InChI is InChI=1S/C30H46O3/c1-17-7-8-19-20(25(32)33)15-30-16-29(30,24(19)18(17)2)14-10-22-27(5)12-11-23(31)26(3,4)21(27)9-13-28(22,30)6/h10,14,17-24,31H,7-9,11-13,15-16H2,1-6H3,(H,32,33)/t17-,18+,19+,20+,21+,22-,23+,24-,27+,28-,29-,30-/m1/s1. The minimum Gasteiger partial charge on any atom is -0.481 e. The maximum absolute atomic E-state index is 12.7. The number of aliphatic hydroxyl groups is 1. The van der Waals surface area contributed by atoms with Gasteiger partial charge in [0.25, 0.3) is 0 Å². The van der Waals surface area contributed by atoms with Gasteiger partial charge in [-0.25, -0.2) is 0 Å². The highest BCUT2D eigenvalue weighted by molar-refractivity contribution is 5.71. The van der Waals surface area contributed by atoms with Gasteiger partial charge in [0.2, 0.25) is 0 Å². The maximum atomic E-state index is 12.7. The van der Waals surface area contributed by atoms with Gasteiger partial charge >= 0.3 is 5.97 Å². The third-order valence-corrected chi connectivity index (χ3v) is 13.8. The van der Waals surface area contributed by atoms with E-state index in [1.807, 2.05) is 0 Å². The van der Waals surface area contributed by atoms with Crippen molar-refractivity contribution in [2.45, 2.75) is 99.0 Å². The van der Waals surface area contributed by atoms with Crippen LogP contribution in [0.25, 0.3) is 0 Å². The van der Waals surface area contributed by atoms with Crippen molar-refractivity contribution in [3.8, 4) is 0 Å². The molecule has 0 aromatic heterocycles. The number of rotatable bonds is 1. The maximum Gasteiger partial charge on any atom is 0.306 e. The monoisotopic (exact) mass is 454 g/mol. The van der Waals surface area contributed by atoms with E-state index >= 15 is 0 Å². The van der Waals surface area contributed by atoms with Crippen molar-refractivity contribution in [1.82, 2.24) is 0 Å². The fraction of sp³-hybridized carbons (Fsp3) is 0.900. The Morgan fingerprint density at radius 1 is 1.00 bits per heavy atom. The van der Waals surface area contributed by atoms with Crippen molar-refractivity contribution in [1.29, 1.82) is 0 Å². The molecular formula is C30H46O3. The van der Waals surface area contributed by atoms with Crippen LogP contribution in [0.4, 0.5) is 0 Å². The number of allylic oxidation sites excluding steroid dienone is 2. The van der Waals surface area contributed by atoms with Crippen molar-refractivity contribution in [2.24, 2.45) is 68.5 Å². The first-order valence-electron chi connectivity index (χ1n) is 14.0. The van der Waals surface area contributed by atoms with Crippen LogP contribution in [0.15, 0.2) is 12.2 Å². The highest BCUT2D eigenvalue weighted by Crippen LogP contribution is 2.89. The predicted octanol–water partition coefficient (Wildman–Crippen LogP) is 6.56.